The topological polar surface area (TPSA) is 35.5 Å². The van der Waals surface area contributed by atoms with Crippen LogP contribution >= 0.6 is 11.6 Å². The van der Waals surface area contributed by atoms with Gasteiger partial charge in [-0.1, -0.05) is 17.7 Å². The second kappa shape index (κ2) is 5.62. The van der Waals surface area contributed by atoms with E-state index in [1.807, 2.05) is 0 Å². The van der Waals surface area contributed by atoms with Crippen LogP contribution < -0.4 is 4.74 Å². The molecule has 0 aromatic heterocycles. The van der Waals surface area contributed by atoms with E-state index in [0.717, 1.165) is 0 Å². The van der Waals surface area contributed by atoms with E-state index in [1.165, 1.54) is 0 Å². The highest BCUT2D eigenvalue weighted by Gasteiger charge is 2.06. The van der Waals surface area contributed by atoms with E-state index in [9.17, 15) is 4.79 Å². The summed E-state index contributed by atoms with van der Waals surface area (Å²) in [6, 6.07) is 5.03. The second-order valence-corrected chi connectivity index (χ2v) is 3.02. The molecule has 0 fully saturated rings. The molecular formula is C10H11ClO3. The van der Waals surface area contributed by atoms with Crippen LogP contribution in [0, 0.1) is 0 Å². The van der Waals surface area contributed by atoms with Gasteiger partial charge >= 0.3 is 0 Å². The summed E-state index contributed by atoms with van der Waals surface area (Å²) in [5.41, 5.74) is 0.452. The summed E-state index contributed by atoms with van der Waals surface area (Å²) >= 11 is 5.86. The first-order valence-corrected chi connectivity index (χ1v) is 4.53. The minimum atomic E-state index is 0.376. The Balaban J connectivity index is 2.77. The van der Waals surface area contributed by atoms with Crippen LogP contribution in [-0.4, -0.2) is 26.6 Å². The van der Waals surface area contributed by atoms with Gasteiger partial charge in [-0.25, -0.2) is 0 Å². The summed E-state index contributed by atoms with van der Waals surface area (Å²) in [6.07, 6.45) is 0.716. The zero-order valence-electron chi connectivity index (χ0n) is 7.83. The largest absolute Gasteiger partial charge is 0.489 e. The molecule has 4 heteroatoms. The Kier molecular flexibility index (Phi) is 4.43. The van der Waals surface area contributed by atoms with E-state index < -0.39 is 0 Å². The van der Waals surface area contributed by atoms with E-state index in [1.54, 1.807) is 25.3 Å². The number of carbonyl (C=O) groups excluding carboxylic acids is 1. The Hall–Kier alpha value is -1.06. The van der Waals surface area contributed by atoms with Crippen molar-refractivity contribution in [1.82, 2.24) is 0 Å². The third-order valence-corrected chi connectivity index (χ3v) is 1.96. The molecule has 3 nitrogen and oxygen atoms in total. The molecule has 0 aliphatic rings. The fourth-order valence-corrected chi connectivity index (χ4v) is 1.23. The maximum absolute atomic E-state index is 10.6. The zero-order valence-corrected chi connectivity index (χ0v) is 8.58. The highest BCUT2D eigenvalue weighted by Crippen LogP contribution is 2.27. The van der Waals surface area contributed by atoms with Crippen molar-refractivity contribution in [2.45, 2.75) is 0 Å². The van der Waals surface area contributed by atoms with E-state index in [2.05, 4.69) is 0 Å². The summed E-state index contributed by atoms with van der Waals surface area (Å²) in [6.45, 7) is 0.838. The van der Waals surface area contributed by atoms with E-state index in [4.69, 9.17) is 21.1 Å². The summed E-state index contributed by atoms with van der Waals surface area (Å²) < 4.78 is 10.1. The van der Waals surface area contributed by atoms with Gasteiger partial charge in [0.2, 0.25) is 0 Å². The molecule has 1 rings (SSSR count). The molecule has 76 valence electrons. The van der Waals surface area contributed by atoms with Crippen molar-refractivity contribution in [3.8, 4) is 5.75 Å². The number of para-hydroxylation sites is 1. The van der Waals surface area contributed by atoms with Gasteiger partial charge in [0, 0.05) is 7.11 Å². The fourth-order valence-electron chi connectivity index (χ4n) is 0.998. The normalized spacial score (nSPS) is 9.86. The first kappa shape index (κ1) is 11.0. The van der Waals surface area contributed by atoms with Crippen molar-refractivity contribution in [2.24, 2.45) is 0 Å². The van der Waals surface area contributed by atoms with Crippen LogP contribution in [0.4, 0.5) is 0 Å². The van der Waals surface area contributed by atoms with Crippen LogP contribution in [0.1, 0.15) is 10.4 Å². The maximum Gasteiger partial charge on any atom is 0.153 e. The number of hydrogen-bond donors (Lipinski definition) is 0. The summed E-state index contributed by atoms with van der Waals surface area (Å²) in [5, 5.41) is 0.436. The second-order valence-electron chi connectivity index (χ2n) is 2.62. The highest BCUT2D eigenvalue weighted by molar-refractivity contribution is 6.32. The molecule has 1 aromatic rings. The Morgan fingerprint density at radius 3 is 2.86 bits per heavy atom. The van der Waals surface area contributed by atoms with Crippen LogP contribution in [-0.2, 0) is 4.74 Å². The minimum Gasteiger partial charge on any atom is -0.489 e. The number of halogens is 1. The first-order chi connectivity index (χ1) is 6.79. The van der Waals surface area contributed by atoms with Gasteiger partial charge in [-0.05, 0) is 12.1 Å². The SMILES string of the molecule is COCCOc1c(Cl)cccc1C=O. The predicted molar refractivity (Wildman–Crippen MR) is 54.2 cm³/mol. The van der Waals surface area contributed by atoms with Crippen LogP contribution in [0.15, 0.2) is 18.2 Å². The fraction of sp³-hybridized carbons (Fsp3) is 0.300. The number of hydrogen-bond acceptors (Lipinski definition) is 3. The van der Waals surface area contributed by atoms with Crippen LogP contribution in [0.5, 0.6) is 5.75 Å². The number of aldehydes is 1. The third kappa shape index (κ3) is 2.72. The molecular weight excluding hydrogens is 204 g/mol. The first-order valence-electron chi connectivity index (χ1n) is 4.15. The lowest BCUT2D eigenvalue weighted by Crippen LogP contribution is -2.06. The molecule has 1 aromatic carbocycles. The van der Waals surface area contributed by atoms with Crippen LogP contribution in [0.25, 0.3) is 0 Å². The Morgan fingerprint density at radius 1 is 1.43 bits per heavy atom. The molecule has 0 heterocycles. The average molecular weight is 215 g/mol. The van der Waals surface area contributed by atoms with E-state index in [-0.39, 0.29) is 0 Å². The van der Waals surface area contributed by atoms with Gasteiger partial charge < -0.3 is 9.47 Å². The predicted octanol–water partition coefficient (Wildman–Crippen LogP) is 2.18. The number of ether oxygens (including phenoxy) is 2. The standard InChI is InChI=1S/C10H11ClO3/c1-13-5-6-14-10-8(7-12)3-2-4-9(10)11/h2-4,7H,5-6H2,1H3. The van der Waals surface area contributed by atoms with Crippen LogP contribution in [0.3, 0.4) is 0 Å². The Labute approximate surface area is 87.6 Å². The minimum absolute atomic E-state index is 0.376. The van der Waals surface area contributed by atoms with Crippen molar-refractivity contribution in [3.63, 3.8) is 0 Å². The zero-order chi connectivity index (χ0) is 10.4. The van der Waals surface area contributed by atoms with Crippen LogP contribution in [0.2, 0.25) is 5.02 Å². The van der Waals surface area contributed by atoms with E-state index in [0.29, 0.717) is 35.8 Å². The summed E-state index contributed by atoms with van der Waals surface area (Å²) in [4.78, 5) is 10.6. The molecule has 0 aliphatic carbocycles. The smallest absolute Gasteiger partial charge is 0.153 e. The number of methoxy groups -OCH3 is 1. The van der Waals surface area contributed by atoms with Gasteiger partial charge in [0.25, 0.3) is 0 Å². The van der Waals surface area contributed by atoms with Crippen molar-refractivity contribution < 1.29 is 14.3 Å². The van der Waals surface area contributed by atoms with Gasteiger partial charge in [0.05, 0.1) is 17.2 Å². The molecule has 0 saturated carbocycles. The van der Waals surface area contributed by atoms with Crippen molar-refractivity contribution >= 4 is 17.9 Å². The van der Waals surface area contributed by atoms with Gasteiger partial charge in [0.1, 0.15) is 12.4 Å². The van der Waals surface area contributed by atoms with Crippen molar-refractivity contribution in [2.75, 3.05) is 20.3 Å². The molecule has 0 atom stereocenters. The van der Waals surface area contributed by atoms with Crippen molar-refractivity contribution in [3.05, 3.63) is 28.8 Å². The van der Waals surface area contributed by atoms with Crippen molar-refractivity contribution in [1.29, 1.82) is 0 Å². The molecule has 0 amide bonds. The third-order valence-electron chi connectivity index (χ3n) is 1.66. The lowest BCUT2D eigenvalue weighted by atomic mass is 10.2. The lowest BCUT2D eigenvalue weighted by molar-refractivity contribution is 0.111. The van der Waals surface area contributed by atoms with Gasteiger partial charge in [-0.2, -0.15) is 0 Å². The Morgan fingerprint density at radius 2 is 2.21 bits per heavy atom. The molecule has 0 spiro atoms. The van der Waals surface area contributed by atoms with E-state index >= 15 is 0 Å². The van der Waals surface area contributed by atoms with Gasteiger partial charge in [-0.3, -0.25) is 4.79 Å². The molecule has 0 saturated heterocycles. The summed E-state index contributed by atoms with van der Waals surface area (Å²) in [5.74, 6) is 0.418. The molecule has 0 bridgehead atoms. The molecule has 0 unspecified atom stereocenters. The lowest BCUT2D eigenvalue weighted by Gasteiger charge is -2.09. The maximum atomic E-state index is 10.6. The number of carbonyl (C=O) groups is 1. The monoisotopic (exact) mass is 214 g/mol. The van der Waals surface area contributed by atoms with Gasteiger partial charge in [0.15, 0.2) is 6.29 Å². The molecule has 0 radical (unpaired) electrons. The van der Waals surface area contributed by atoms with Gasteiger partial charge in [-0.15, -0.1) is 0 Å². The molecule has 0 N–H and O–H groups in total. The summed E-state index contributed by atoms with van der Waals surface area (Å²) in [7, 11) is 1.58. The Bertz CT molecular complexity index is 312. The average Bonchev–Trinajstić information content (AvgIpc) is 2.20. The number of rotatable bonds is 5. The molecule has 0 aliphatic heterocycles. The highest BCUT2D eigenvalue weighted by atomic mass is 35.5. The quantitative estimate of drug-likeness (QED) is 0.557. The molecule has 14 heavy (non-hydrogen) atoms. The number of benzene rings is 1.